The van der Waals surface area contributed by atoms with Gasteiger partial charge in [0.1, 0.15) is 0 Å². The highest BCUT2D eigenvalue weighted by Gasteiger charge is 2.30. The highest BCUT2D eigenvalue weighted by Crippen LogP contribution is 2.33. The molecule has 0 aromatic heterocycles. The molecule has 0 radical (unpaired) electrons. The maximum absolute atomic E-state index is 8.57. The van der Waals surface area contributed by atoms with Crippen molar-refractivity contribution in [3.8, 4) is 0 Å². The van der Waals surface area contributed by atoms with Crippen molar-refractivity contribution in [3.63, 3.8) is 0 Å². The lowest BCUT2D eigenvalue weighted by atomic mass is 9.74. The highest BCUT2D eigenvalue weighted by atomic mass is 16.3. The summed E-state index contributed by atoms with van der Waals surface area (Å²) in [6, 6.07) is 0.740. The lowest BCUT2D eigenvalue weighted by molar-refractivity contribution is 0.165. The van der Waals surface area contributed by atoms with E-state index in [0.717, 1.165) is 30.8 Å². The van der Waals surface area contributed by atoms with Crippen molar-refractivity contribution in [1.82, 2.24) is 5.32 Å². The maximum Gasteiger partial charge on any atom is 0.0443 e. The van der Waals surface area contributed by atoms with Crippen LogP contribution < -0.4 is 5.32 Å². The van der Waals surface area contributed by atoms with Gasteiger partial charge in [0.15, 0.2) is 0 Å². The first-order valence-electron chi connectivity index (χ1n) is 5.08. The van der Waals surface area contributed by atoms with Crippen LogP contribution in [0.15, 0.2) is 0 Å². The van der Waals surface area contributed by atoms with Gasteiger partial charge in [-0.25, -0.2) is 0 Å². The van der Waals surface area contributed by atoms with Crippen LogP contribution >= 0.6 is 0 Å². The van der Waals surface area contributed by atoms with E-state index in [1.165, 1.54) is 12.8 Å². The summed E-state index contributed by atoms with van der Waals surface area (Å²) in [5.74, 6) is 1.79. The average Bonchev–Trinajstić information content (AvgIpc) is 1.93. The predicted octanol–water partition coefficient (Wildman–Crippen LogP) is 1.39. The number of aliphatic hydroxyl groups excluding tert-OH is 1. The topological polar surface area (TPSA) is 32.3 Å². The predicted molar refractivity (Wildman–Crippen MR) is 51.1 cm³/mol. The first-order chi connectivity index (χ1) is 5.74. The van der Waals surface area contributed by atoms with Crippen molar-refractivity contribution in [2.45, 2.75) is 39.2 Å². The summed E-state index contributed by atoms with van der Waals surface area (Å²) in [5.41, 5.74) is 0. The fourth-order valence-electron chi connectivity index (χ4n) is 1.76. The van der Waals surface area contributed by atoms with E-state index in [4.69, 9.17) is 5.11 Å². The van der Waals surface area contributed by atoms with Crippen LogP contribution in [0.4, 0.5) is 0 Å². The van der Waals surface area contributed by atoms with E-state index in [9.17, 15) is 0 Å². The van der Waals surface area contributed by atoms with E-state index in [1.54, 1.807) is 0 Å². The van der Waals surface area contributed by atoms with Crippen molar-refractivity contribution >= 4 is 0 Å². The summed E-state index contributed by atoms with van der Waals surface area (Å²) >= 11 is 0. The van der Waals surface area contributed by atoms with Gasteiger partial charge < -0.3 is 10.4 Å². The monoisotopic (exact) mass is 171 g/mol. The quantitative estimate of drug-likeness (QED) is 0.613. The van der Waals surface area contributed by atoms with Crippen LogP contribution in [0.2, 0.25) is 0 Å². The van der Waals surface area contributed by atoms with Crippen LogP contribution in [0.25, 0.3) is 0 Å². The molecule has 0 aromatic rings. The summed E-state index contributed by atoms with van der Waals surface area (Å²) in [5, 5.41) is 12.0. The van der Waals surface area contributed by atoms with Gasteiger partial charge in [-0.3, -0.25) is 0 Å². The van der Waals surface area contributed by atoms with E-state index in [-0.39, 0.29) is 0 Å². The van der Waals surface area contributed by atoms with Gasteiger partial charge in [0, 0.05) is 12.6 Å². The molecule has 1 aliphatic rings. The van der Waals surface area contributed by atoms with Gasteiger partial charge in [-0.15, -0.1) is 0 Å². The summed E-state index contributed by atoms with van der Waals surface area (Å²) in [6.45, 7) is 5.89. The summed E-state index contributed by atoms with van der Waals surface area (Å²) in [6.07, 6.45) is 3.56. The molecule has 0 bridgehead atoms. The molecule has 1 fully saturated rings. The fourth-order valence-corrected chi connectivity index (χ4v) is 1.76. The molecule has 1 rings (SSSR count). The molecule has 1 aliphatic carbocycles. The molecule has 0 amide bonds. The molecule has 12 heavy (non-hydrogen) atoms. The number of hydrogen-bond donors (Lipinski definition) is 2. The highest BCUT2D eigenvalue weighted by molar-refractivity contribution is 4.86. The largest absolute Gasteiger partial charge is 0.396 e. The minimum absolute atomic E-state index is 0.313. The third-order valence-corrected chi connectivity index (χ3v) is 2.89. The third kappa shape index (κ3) is 2.76. The molecule has 0 aliphatic heterocycles. The molecular weight excluding hydrogens is 150 g/mol. The Morgan fingerprint density at radius 3 is 2.58 bits per heavy atom. The number of rotatable bonds is 5. The van der Waals surface area contributed by atoms with E-state index >= 15 is 0 Å². The number of aliphatic hydroxyl groups is 1. The normalized spacial score (nSPS) is 29.0. The first-order valence-corrected chi connectivity index (χ1v) is 5.08. The van der Waals surface area contributed by atoms with Gasteiger partial charge in [0.25, 0.3) is 0 Å². The molecule has 2 heteroatoms. The van der Waals surface area contributed by atoms with Crippen molar-refractivity contribution < 1.29 is 5.11 Å². The summed E-state index contributed by atoms with van der Waals surface area (Å²) < 4.78 is 0. The van der Waals surface area contributed by atoms with E-state index in [0.29, 0.717) is 6.61 Å². The number of nitrogens with one attached hydrogen (secondary N) is 1. The van der Waals surface area contributed by atoms with Gasteiger partial charge in [-0.2, -0.15) is 0 Å². The molecule has 0 aromatic carbocycles. The van der Waals surface area contributed by atoms with Crippen LogP contribution in [0.1, 0.15) is 33.1 Å². The fraction of sp³-hybridized carbons (Fsp3) is 1.00. The van der Waals surface area contributed by atoms with Gasteiger partial charge >= 0.3 is 0 Å². The van der Waals surface area contributed by atoms with Crippen molar-refractivity contribution in [2.75, 3.05) is 13.2 Å². The maximum atomic E-state index is 8.57. The smallest absolute Gasteiger partial charge is 0.0443 e. The van der Waals surface area contributed by atoms with Gasteiger partial charge in [-0.05, 0) is 37.6 Å². The van der Waals surface area contributed by atoms with Crippen molar-refractivity contribution in [1.29, 1.82) is 0 Å². The average molecular weight is 171 g/mol. The Hall–Kier alpha value is -0.0800. The third-order valence-electron chi connectivity index (χ3n) is 2.89. The zero-order chi connectivity index (χ0) is 8.97. The van der Waals surface area contributed by atoms with E-state index in [1.807, 2.05) is 0 Å². The van der Waals surface area contributed by atoms with Crippen LogP contribution in [0.5, 0.6) is 0 Å². The Bertz CT molecular complexity index is 119. The van der Waals surface area contributed by atoms with Gasteiger partial charge in [0.05, 0.1) is 0 Å². The van der Waals surface area contributed by atoms with Crippen molar-refractivity contribution in [3.05, 3.63) is 0 Å². The van der Waals surface area contributed by atoms with Crippen molar-refractivity contribution in [2.24, 2.45) is 11.8 Å². The Kier molecular flexibility index (Phi) is 4.02. The molecule has 0 atom stereocenters. The van der Waals surface area contributed by atoms with Crippen LogP contribution in [-0.2, 0) is 0 Å². The zero-order valence-corrected chi connectivity index (χ0v) is 8.21. The zero-order valence-electron chi connectivity index (χ0n) is 8.21. The summed E-state index contributed by atoms with van der Waals surface area (Å²) in [4.78, 5) is 0. The van der Waals surface area contributed by atoms with Crippen LogP contribution in [0, 0.1) is 11.8 Å². The minimum Gasteiger partial charge on any atom is -0.396 e. The standard InChI is InChI=1S/C10H21NO/c1-8(2)9-6-10(7-9)11-4-3-5-12/h8-12H,3-7H2,1-2H3. The molecule has 0 unspecified atom stereocenters. The molecule has 0 saturated heterocycles. The Labute approximate surface area is 75.4 Å². The minimum atomic E-state index is 0.313. The molecule has 2 nitrogen and oxygen atoms in total. The Morgan fingerprint density at radius 2 is 2.08 bits per heavy atom. The lowest BCUT2D eigenvalue weighted by Crippen LogP contribution is -2.43. The Balaban J connectivity index is 1.95. The molecular formula is C10H21NO. The molecule has 72 valence electrons. The molecule has 1 saturated carbocycles. The van der Waals surface area contributed by atoms with E-state index < -0.39 is 0 Å². The van der Waals surface area contributed by atoms with Crippen LogP contribution in [0.3, 0.4) is 0 Å². The van der Waals surface area contributed by atoms with E-state index in [2.05, 4.69) is 19.2 Å². The second kappa shape index (κ2) is 4.83. The lowest BCUT2D eigenvalue weighted by Gasteiger charge is -2.38. The summed E-state index contributed by atoms with van der Waals surface area (Å²) in [7, 11) is 0. The second-order valence-corrected chi connectivity index (χ2v) is 4.20. The molecule has 0 spiro atoms. The van der Waals surface area contributed by atoms with Gasteiger partial charge in [0.2, 0.25) is 0 Å². The van der Waals surface area contributed by atoms with Crippen LogP contribution in [-0.4, -0.2) is 24.3 Å². The SMILES string of the molecule is CC(C)C1CC(NCCCO)C1. The number of hydrogen-bond acceptors (Lipinski definition) is 2. The first kappa shape index (κ1) is 10.0. The van der Waals surface area contributed by atoms with Gasteiger partial charge in [-0.1, -0.05) is 13.8 Å². The molecule has 2 N–H and O–H groups in total. The molecule has 0 heterocycles. The second-order valence-electron chi connectivity index (χ2n) is 4.20. The Morgan fingerprint density at radius 1 is 1.42 bits per heavy atom.